The van der Waals surface area contributed by atoms with Crippen LogP contribution in [0.2, 0.25) is 0 Å². The van der Waals surface area contributed by atoms with Crippen molar-refractivity contribution in [2.24, 2.45) is 11.7 Å². The molecule has 1 aromatic carbocycles. The average Bonchev–Trinajstić information content (AvgIpc) is 2.62. The zero-order valence-electron chi connectivity index (χ0n) is 12.0. The van der Waals surface area contributed by atoms with Gasteiger partial charge in [0.15, 0.2) is 0 Å². The number of rotatable bonds is 1. The van der Waals surface area contributed by atoms with Gasteiger partial charge in [-0.25, -0.2) is 0 Å². The van der Waals surface area contributed by atoms with Crippen molar-refractivity contribution in [2.75, 3.05) is 11.4 Å². The van der Waals surface area contributed by atoms with Gasteiger partial charge >= 0.3 is 0 Å². The maximum Gasteiger partial charge on any atom is 0.0441 e. The molecule has 0 bridgehead atoms. The lowest BCUT2D eigenvalue weighted by Crippen LogP contribution is -2.50. The first-order valence-electron chi connectivity index (χ1n) is 7.86. The fourth-order valence-corrected chi connectivity index (χ4v) is 3.86. The van der Waals surface area contributed by atoms with Gasteiger partial charge in [0.25, 0.3) is 0 Å². The zero-order valence-corrected chi connectivity index (χ0v) is 12.0. The van der Waals surface area contributed by atoms with Crippen LogP contribution < -0.4 is 10.6 Å². The number of nitrogens with zero attached hydrogens (tertiary/aromatic N) is 1. The van der Waals surface area contributed by atoms with Crippen molar-refractivity contribution < 1.29 is 0 Å². The predicted octanol–water partition coefficient (Wildman–Crippen LogP) is 3.35. The molecule has 2 N–H and O–H groups in total. The minimum absolute atomic E-state index is 0.348. The Kier molecular flexibility index (Phi) is 3.79. The first-order chi connectivity index (χ1) is 9.25. The molecule has 0 radical (unpaired) electrons. The summed E-state index contributed by atoms with van der Waals surface area (Å²) in [6.07, 6.45) is 7.68. The van der Waals surface area contributed by atoms with Crippen molar-refractivity contribution in [3.8, 4) is 0 Å². The Morgan fingerprint density at radius 1 is 1.11 bits per heavy atom. The summed E-state index contributed by atoms with van der Waals surface area (Å²) in [4.78, 5) is 2.62. The van der Waals surface area contributed by atoms with Crippen LogP contribution in [0.3, 0.4) is 0 Å². The number of anilines is 1. The van der Waals surface area contributed by atoms with Gasteiger partial charge in [-0.3, -0.25) is 0 Å². The minimum atomic E-state index is 0.348. The van der Waals surface area contributed by atoms with Crippen molar-refractivity contribution in [1.82, 2.24) is 0 Å². The third kappa shape index (κ3) is 2.64. The second-order valence-corrected chi connectivity index (χ2v) is 6.46. The molecule has 1 heterocycles. The Bertz CT molecular complexity index is 429. The van der Waals surface area contributed by atoms with Crippen LogP contribution in [0.4, 0.5) is 5.69 Å². The van der Waals surface area contributed by atoms with Gasteiger partial charge in [0.2, 0.25) is 0 Å². The molecule has 1 aromatic rings. The van der Waals surface area contributed by atoms with Crippen LogP contribution in [-0.2, 0) is 6.42 Å². The largest absolute Gasteiger partial charge is 0.366 e. The van der Waals surface area contributed by atoms with E-state index in [1.165, 1.54) is 56.3 Å². The molecule has 0 saturated heterocycles. The summed E-state index contributed by atoms with van der Waals surface area (Å²) in [5.41, 5.74) is 9.43. The summed E-state index contributed by atoms with van der Waals surface area (Å²) < 4.78 is 0. The molecule has 3 rings (SSSR count). The molecule has 0 amide bonds. The topological polar surface area (TPSA) is 29.3 Å². The molecule has 3 atom stereocenters. The van der Waals surface area contributed by atoms with E-state index >= 15 is 0 Å². The second kappa shape index (κ2) is 5.54. The standard InChI is InChI=1S/C17H26N2/c1-13-11-14-7-5-6-9-16(14)19(12-13)17-10-4-2-3-8-15(17)18/h5-7,9,13,15,17H,2-4,8,10-12,18H2,1H3. The summed E-state index contributed by atoms with van der Waals surface area (Å²) >= 11 is 0. The number of nitrogens with two attached hydrogens (primary N) is 1. The van der Waals surface area contributed by atoms with Gasteiger partial charge in [-0.2, -0.15) is 0 Å². The van der Waals surface area contributed by atoms with Crippen molar-refractivity contribution >= 4 is 5.69 Å². The van der Waals surface area contributed by atoms with Crippen molar-refractivity contribution in [3.05, 3.63) is 29.8 Å². The van der Waals surface area contributed by atoms with E-state index < -0.39 is 0 Å². The van der Waals surface area contributed by atoms with Crippen LogP contribution >= 0.6 is 0 Å². The van der Waals surface area contributed by atoms with Crippen molar-refractivity contribution in [1.29, 1.82) is 0 Å². The lowest BCUT2D eigenvalue weighted by molar-refractivity contribution is 0.416. The lowest BCUT2D eigenvalue weighted by Gasteiger charge is -2.42. The van der Waals surface area contributed by atoms with E-state index in [1.54, 1.807) is 0 Å². The highest BCUT2D eigenvalue weighted by molar-refractivity contribution is 5.56. The minimum Gasteiger partial charge on any atom is -0.366 e. The highest BCUT2D eigenvalue weighted by atomic mass is 15.2. The van der Waals surface area contributed by atoms with E-state index in [0.29, 0.717) is 12.1 Å². The molecule has 19 heavy (non-hydrogen) atoms. The molecular weight excluding hydrogens is 232 g/mol. The van der Waals surface area contributed by atoms with E-state index in [9.17, 15) is 0 Å². The van der Waals surface area contributed by atoms with E-state index in [-0.39, 0.29) is 0 Å². The number of hydrogen-bond donors (Lipinski definition) is 1. The molecule has 104 valence electrons. The Morgan fingerprint density at radius 3 is 2.79 bits per heavy atom. The fourth-order valence-electron chi connectivity index (χ4n) is 3.86. The number of fused-ring (bicyclic) bond motifs is 1. The van der Waals surface area contributed by atoms with E-state index in [2.05, 4.69) is 36.1 Å². The van der Waals surface area contributed by atoms with Crippen LogP contribution in [0.25, 0.3) is 0 Å². The monoisotopic (exact) mass is 258 g/mol. The van der Waals surface area contributed by atoms with Crippen LogP contribution in [0.15, 0.2) is 24.3 Å². The fraction of sp³-hybridized carbons (Fsp3) is 0.647. The van der Waals surface area contributed by atoms with Gasteiger partial charge in [0.05, 0.1) is 0 Å². The Morgan fingerprint density at radius 2 is 1.89 bits per heavy atom. The molecule has 1 saturated carbocycles. The average molecular weight is 258 g/mol. The third-order valence-corrected chi connectivity index (χ3v) is 4.81. The molecule has 1 aliphatic heterocycles. The highest BCUT2D eigenvalue weighted by Crippen LogP contribution is 2.34. The Labute approximate surface area is 117 Å². The molecular formula is C17H26N2. The van der Waals surface area contributed by atoms with Crippen LogP contribution in [0, 0.1) is 5.92 Å². The zero-order chi connectivity index (χ0) is 13.2. The number of hydrogen-bond acceptors (Lipinski definition) is 2. The Hall–Kier alpha value is -1.02. The van der Waals surface area contributed by atoms with E-state index in [1.807, 2.05) is 0 Å². The van der Waals surface area contributed by atoms with Gasteiger partial charge in [-0.1, -0.05) is 44.4 Å². The second-order valence-electron chi connectivity index (χ2n) is 6.46. The molecule has 0 spiro atoms. The van der Waals surface area contributed by atoms with Crippen molar-refractivity contribution in [3.63, 3.8) is 0 Å². The molecule has 1 fully saturated rings. The summed E-state index contributed by atoms with van der Waals surface area (Å²) in [7, 11) is 0. The molecule has 0 aromatic heterocycles. The van der Waals surface area contributed by atoms with E-state index in [4.69, 9.17) is 5.73 Å². The first kappa shape index (κ1) is 13.0. The molecule has 2 aliphatic rings. The maximum absolute atomic E-state index is 6.47. The first-order valence-corrected chi connectivity index (χ1v) is 7.86. The summed E-state index contributed by atoms with van der Waals surface area (Å²) in [5, 5.41) is 0. The molecule has 3 unspecified atom stereocenters. The van der Waals surface area contributed by atoms with Gasteiger partial charge in [0.1, 0.15) is 0 Å². The van der Waals surface area contributed by atoms with Crippen molar-refractivity contribution in [2.45, 2.75) is 57.5 Å². The number of para-hydroxylation sites is 1. The smallest absolute Gasteiger partial charge is 0.0441 e. The van der Waals surface area contributed by atoms with Gasteiger partial charge in [0, 0.05) is 24.3 Å². The van der Waals surface area contributed by atoms with Gasteiger partial charge in [-0.15, -0.1) is 0 Å². The third-order valence-electron chi connectivity index (χ3n) is 4.81. The summed E-state index contributed by atoms with van der Waals surface area (Å²) in [5.74, 6) is 0.741. The summed E-state index contributed by atoms with van der Waals surface area (Å²) in [6, 6.07) is 9.82. The SMILES string of the molecule is CC1Cc2ccccc2N(C2CCCCCC2N)C1. The normalized spacial score (nSPS) is 31.7. The van der Waals surface area contributed by atoms with Crippen LogP contribution in [0.5, 0.6) is 0 Å². The lowest BCUT2D eigenvalue weighted by atomic mass is 9.90. The predicted molar refractivity (Wildman–Crippen MR) is 81.5 cm³/mol. The molecule has 1 aliphatic carbocycles. The van der Waals surface area contributed by atoms with Crippen LogP contribution in [0.1, 0.15) is 44.6 Å². The van der Waals surface area contributed by atoms with E-state index in [0.717, 1.165) is 5.92 Å². The van der Waals surface area contributed by atoms with Gasteiger partial charge < -0.3 is 10.6 Å². The molecule has 2 heteroatoms. The highest BCUT2D eigenvalue weighted by Gasteiger charge is 2.31. The quantitative estimate of drug-likeness (QED) is 0.783. The molecule has 2 nitrogen and oxygen atoms in total. The maximum atomic E-state index is 6.47. The Balaban J connectivity index is 1.91. The van der Waals surface area contributed by atoms with Crippen LogP contribution in [-0.4, -0.2) is 18.6 Å². The summed E-state index contributed by atoms with van der Waals surface area (Å²) in [6.45, 7) is 3.54. The number of benzene rings is 1. The van der Waals surface area contributed by atoms with Gasteiger partial charge in [-0.05, 0) is 36.8 Å².